The summed E-state index contributed by atoms with van der Waals surface area (Å²) >= 11 is 0. The molecule has 0 unspecified atom stereocenters. The molecule has 0 fully saturated rings. The van der Waals surface area contributed by atoms with Crippen LogP contribution >= 0.6 is 0 Å². The minimum Gasteiger partial charge on any atom is -0.494 e. The molecule has 0 heterocycles. The van der Waals surface area contributed by atoms with Crippen LogP contribution in [-0.4, -0.2) is 25.7 Å². The molecule has 142 valence electrons. The third-order valence-electron chi connectivity index (χ3n) is 3.80. The predicted octanol–water partition coefficient (Wildman–Crippen LogP) is 3.61. The number of nitrogens with zero attached hydrogens (tertiary/aromatic N) is 1. The Morgan fingerprint density at radius 1 is 1.04 bits per heavy atom. The third kappa shape index (κ3) is 5.93. The number of amides is 1. The summed E-state index contributed by atoms with van der Waals surface area (Å²) in [6.45, 7) is 6.58. The van der Waals surface area contributed by atoms with Crippen molar-refractivity contribution >= 4 is 5.91 Å². The molecular weight excluding hydrogens is 344 g/mol. The standard InChI is InChI=1S/C21H24N2O4/c1-4-25-18-9-7-17(8-10-18)15(3)23-21(24)14-27-19-11-6-16(13-22)12-20(19)26-5-2/h6-12,15H,4-5,14H2,1-3H3,(H,23,24)/t15-/m1/s1. The lowest BCUT2D eigenvalue weighted by molar-refractivity contribution is -0.123. The van der Waals surface area contributed by atoms with Crippen molar-refractivity contribution in [3.8, 4) is 23.3 Å². The second-order valence-electron chi connectivity index (χ2n) is 5.79. The molecule has 0 saturated heterocycles. The SMILES string of the molecule is CCOc1ccc([C@@H](C)NC(=O)COc2ccc(C#N)cc2OCC)cc1. The van der Waals surface area contributed by atoms with E-state index in [0.717, 1.165) is 11.3 Å². The highest BCUT2D eigenvalue weighted by molar-refractivity contribution is 5.78. The van der Waals surface area contributed by atoms with Crippen LogP contribution in [0.15, 0.2) is 42.5 Å². The molecule has 6 heteroatoms. The number of nitriles is 1. The van der Waals surface area contributed by atoms with Gasteiger partial charge in [-0.1, -0.05) is 12.1 Å². The van der Waals surface area contributed by atoms with Crippen molar-refractivity contribution in [3.63, 3.8) is 0 Å². The van der Waals surface area contributed by atoms with Crippen molar-refractivity contribution in [2.45, 2.75) is 26.8 Å². The average Bonchev–Trinajstić information content (AvgIpc) is 2.68. The lowest BCUT2D eigenvalue weighted by atomic mass is 10.1. The summed E-state index contributed by atoms with van der Waals surface area (Å²) < 4.78 is 16.5. The van der Waals surface area contributed by atoms with E-state index >= 15 is 0 Å². The first-order chi connectivity index (χ1) is 13.1. The van der Waals surface area contributed by atoms with Crippen LogP contribution < -0.4 is 19.5 Å². The van der Waals surface area contributed by atoms with Crippen molar-refractivity contribution in [2.75, 3.05) is 19.8 Å². The maximum atomic E-state index is 12.2. The van der Waals surface area contributed by atoms with Crippen LogP contribution in [0.5, 0.6) is 17.2 Å². The minimum atomic E-state index is -0.247. The molecule has 0 aromatic heterocycles. The van der Waals surface area contributed by atoms with Crippen LogP contribution in [0.4, 0.5) is 0 Å². The maximum Gasteiger partial charge on any atom is 0.258 e. The number of hydrogen-bond acceptors (Lipinski definition) is 5. The number of ether oxygens (including phenoxy) is 3. The summed E-state index contributed by atoms with van der Waals surface area (Å²) in [6.07, 6.45) is 0. The fraction of sp³-hybridized carbons (Fsp3) is 0.333. The second kappa shape index (κ2) is 10.1. The summed E-state index contributed by atoms with van der Waals surface area (Å²) in [6, 6.07) is 14.3. The number of nitrogens with one attached hydrogen (secondary N) is 1. The van der Waals surface area contributed by atoms with E-state index in [2.05, 4.69) is 11.4 Å². The molecule has 0 radical (unpaired) electrons. The molecule has 0 aliphatic rings. The first kappa shape index (κ1) is 20.1. The molecule has 0 bridgehead atoms. The van der Waals surface area contributed by atoms with Gasteiger partial charge in [0.2, 0.25) is 0 Å². The van der Waals surface area contributed by atoms with E-state index in [-0.39, 0.29) is 18.6 Å². The van der Waals surface area contributed by atoms with Gasteiger partial charge in [-0.25, -0.2) is 0 Å². The third-order valence-corrected chi connectivity index (χ3v) is 3.80. The van der Waals surface area contributed by atoms with Gasteiger partial charge in [-0.05, 0) is 50.6 Å². The van der Waals surface area contributed by atoms with Gasteiger partial charge in [0.25, 0.3) is 5.91 Å². The van der Waals surface area contributed by atoms with Crippen molar-refractivity contribution < 1.29 is 19.0 Å². The smallest absolute Gasteiger partial charge is 0.258 e. The number of carbonyl (C=O) groups excluding carboxylic acids is 1. The van der Waals surface area contributed by atoms with Crippen LogP contribution in [0.25, 0.3) is 0 Å². The summed E-state index contributed by atoms with van der Waals surface area (Å²) in [7, 11) is 0. The number of rotatable bonds is 9. The van der Waals surface area contributed by atoms with Gasteiger partial charge in [-0.15, -0.1) is 0 Å². The summed E-state index contributed by atoms with van der Waals surface area (Å²) in [5.41, 5.74) is 1.44. The topological polar surface area (TPSA) is 80.6 Å². The van der Waals surface area contributed by atoms with Crippen molar-refractivity contribution in [1.82, 2.24) is 5.32 Å². The van der Waals surface area contributed by atoms with E-state index in [1.807, 2.05) is 45.0 Å². The Balaban J connectivity index is 1.93. The first-order valence-electron chi connectivity index (χ1n) is 8.89. The van der Waals surface area contributed by atoms with Gasteiger partial charge in [-0.3, -0.25) is 4.79 Å². The second-order valence-corrected chi connectivity index (χ2v) is 5.79. The summed E-state index contributed by atoms with van der Waals surface area (Å²) in [5, 5.41) is 11.9. The van der Waals surface area contributed by atoms with Gasteiger partial charge < -0.3 is 19.5 Å². The molecule has 0 aliphatic carbocycles. The summed E-state index contributed by atoms with van der Waals surface area (Å²) in [5.74, 6) is 1.43. The van der Waals surface area contributed by atoms with E-state index in [0.29, 0.717) is 30.3 Å². The van der Waals surface area contributed by atoms with Crippen molar-refractivity contribution in [1.29, 1.82) is 5.26 Å². The fourth-order valence-corrected chi connectivity index (χ4v) is 2.49. The molecule has 1 atom stereocenters. The Morgan fingerprint density at radius 3 is 2.37 bits per heavy atom. The molecule has 2 aromatic rings. The van der Waals surface area contributed by atoms with Crippen molar-refractivity contribution in [3.05, 3.63) is 53.6 Å². The van der Waals surface area contributed by atoms with Crippen LogP contribution in [0.1, 0.15) is 37.9 Å². The Bertz CT molecular complexity index is 797. The van der Waals surface area contributed by atoms with Gasteiger partial charge in [0.15, 0.2) is 18.1 Å². The molecule has 0 saturated carbocycles. The molecule has 1 amide bonds. The quantitative estimate of drug-likeness (QED) is 0.731. The van der Waals surface area contributed by atoms with Gasteiger partial charge in [0.1, 0.15) is 5.75 Å². The highest BCUT2D eigenvalue weighted by Crippen LogP contribution is 2.28. The predicted molar refractivity (Wildman–Crippen MR) is 102 cm³/mol. The van der Waals surface area contributed by atoms with Gasteiger partial charge >= 0.3 is 0 Å². The van der Waals surface area contributed by atoms with E-state index in [1.54, 1.807) is 18.2 Å². The van der Waals surface area contributed by atoms with Gasteiger partial charge in [-0.2, -0.15) is 5.26 Å². The Hall–Kier alpha value is -3.20. The largest absolute Gasteiger partial charge is 0.494 e. The monoisotopic (exact) mass is 368 g/mol. The zero-order valence-electron chi connectivity index (χ0n) is 15.8. The van der Waals surface area contributed by atoms with Crippen LogP contribution in [0, 0.1) is 11.3 Å². The molecule has 0 aliphatic heterocycles. The first-order valence-corrected chi connectivity index (χ1v) is 8.89. The maximum absolute atomic E-state index is 12.2. The fourth-order valence-electron chi connectivity index (χ4n) is 2.49. The molecule has 6 nitrogen and oxygen atoms in total. The molecular formula is C21H24N2O4. The highest BCUT2D eigenvalue weighted by atomic mass is 16.5. The molecule has 27 heavy (non-hydrogen) atoms. The lowest BCUT2D eigenvalue weighted by Crippen LogP contribution is -2.31. The number of carbonyl (C=O) groups is 1. The Kier molecular flexibility index (Phi) is 7.50. The van der Waals surface area contributed by atoms with E-state index in [1.165, 1.54) is 0 Å². The van der Waals surface area contributed by atoms with E-state index in [9.17, 15) is 4.79 Å². The molecule has 2 rings (SSSR count). The molecule has 1 N–H and O–H groups in total. The zero-order chi connectivity index (χ0) is 19.6. The summed E-state index contributed by atoms with van der Waals surface area (Å²) in [4.78, 5) is 12.2. The Labute approximate surface area is 159 Å². The van der Waals surface area contributed by atoms with Crippen LogP contribution in [0.2, 0.25) is 0 Å². The molecule has 2 aromatic carbocycles. The molecule has 0 spiro atoms. The highest BCUT2D eigenvalue weighted by Gasteiger charge is 2.12. The van der Waals surface area contributed by atoms with Crippen LogP contribution in [0.3, 0.4) is 0 Å². The minimum absolute atomic E-state index is 0.145. The van der Waals surface area contributed by atoms with Crippen LogP contribution in [-0.2, 0) is 4.79 Å². The normalized spacial score (nSPS) is 11.2. The van der Waals surface area contributed by atoms with Crippen molar-refractivity contribution in [2.24, 2.45) is 0 Å². The lowest BCUT2D eigenvalue weighted by Gasteiger charge is -2.16. The average molecular weight is 368 g/mol. The van der Waals surface area contributed by atoms with Gasteiger partial charge in [0.05, 0.1) is 30.9 Å². The van der Waals surface area contributed by atoms with Gasteiger partial charge in [0, 0.05) is 6.07 Å². The zero-order valence-corrected chi connectivity index (χ0v) is 15.8. The Morgan fingerprint density at radius 2 is 1.74 bits per heavy atom. The number of benzene rings is 2. The van der Waals surface area contributed by atoms with E-state index in [4.69, 9.17) is 19.5 Å². The van der Waals surface area contributed by atoms with E-state index < -0.39 is 0 Å². The number of hydrogen-bond donors (Lipinski definition) is 1.